The maximum absolute atomic E-state index is 12.9. The van der Waals surface area contributed by atoms with Gasteiger partial charge in [0.2, 0.25) is 5.88 Å². The monoisotopic (exact) mass is 416 g/mol. The predicted octanol–water partition coefficient (Wildman–Crippen LogP) is 6.08. The molecule has 28 heavy (non-hydrogen) atoms. The van der Waals surface area contributed by atoms with Crippen molar-refractivity contribution >= 4 is 23.4 Å². The van der Waals surface area contributed by atoms with Crippen LogP contribution in [0.4, 0.5) is 23.7 Å². The number of benzene rings is 1. The SMILES string of the molecule is CC(Oc1ncc(NC(=O)OC(C)(C)C)cc1-c1ccc(Cl)cc1)C(F)(F)F. The molecule has 0 aliphatic rings. The van der Waals surface area contributed by atoms with Gasteiger partial charge in [-0.25, -0.2) is 9.78 Å². The Labute approximate surface area is 165 Å². The number of carbonyl (C=O) groups is 1. The van der Waals surface area contributed by atoms with Gasteiger partial charge in [-0.05, 0) is 51.5 Å². The van der Waals surface area contributed by atoms with E-state index in [1.807, 2.05) is 0 Å². The minimum atomic E-state index is -4.55. The largest absolute Gasteiger partial charge is 0.465 e. The van der Waals surface area contributed by atoms with E-state index in [1.54, 1.807) is 45.0 Å². The normalized spacial score (nSPS) is 13.0. The van der Waals surface area contributed by atoms with E-state index in [-0.39, 0.29) is 17.1 Å². The molecule has 1 aromatic carbocycles. The van der Waals surface area contributed by atoms with Crippen LogP contribution in [-0.4, -0.2) is 29.0 Å². The summed E-state index contributed by atoms with van der Waals surface area (Å²) in [7, 11) is 0. The Morgan fingerprint density at radius 3 is 2.32 bits per heavy atom. The molecule has 1 unspecified atom stereocenters. The third-order valence-corrected chi connectivity index (χ3v) is 3.65. The number of nitrogens with one attached hydrogen (secondary N) is 1. The van der Waals surface area contributed by atoms with Gasteiger partial charge in [0, 0.05) is 10.6 Å². The Hall–Kier alpha value is -2.48. The summed E-state index contributed by atoms with van der Waals surface area (Å²) in [6, 6.07) is 7.85. The summed E-state index contributed by atoms with van der Waals surface area (Å²) in [4.78, 5) is 15.9. The molecule has 1 N–H and O–H groups in total. The Bertz CT molecular complexity index is 834. The van der Waals surface area contributed by atoms with Crippen molar-refractivity contribution in [3.63, 3.8) is 0 Å². The molecule has 1 aromatic heterocycles. The van der Waals surface area contributed by atoms with Crippen LogP contribution in [-0.2, 0) is 4.74 Å². The minimum absolute atomic E-state index is 0.220. The van der Waals surface area contributed by atoms with Crippen molar-refractivity contribution in [3.8, 4) is 17.0 Å². The van der Waals surface area contributed by atoms with Crippen molar-refractivity contribution in [3.05, 3.63) is 41.6 Å². The van der Waals surface area contributed by atoms with Crippen LogP contribution in [0, 0.1) is 0 Å². The number of carbonyl (C=O) groups excluding carboxylic acids is 1. The van der Waals surface area contributed by atoms with Gasteiger partial charge in [0.1, 0.15) is 5.60 Å². The Balaban J connectivity index is 2.37. The van der Waals surface area contributed by atoms with E-state index < -0.39 is 24.0 Å². The number of aromatic nitrogens is 1. The average molecular weight is 417 g/mol. The van der Waals surface area contributed by atoms with E-state index in [0.717, 1.165) is 6.92 Å². The lowest BCUT2D eigenvalue weighted by molar-refractivity contribution is -0.189. The van der Waals surface area contributed by atoms with Gasteiger partial charge in [-0.3, -0.25) is 5.32 Å². The summed E-state index contributed by atoms with van der Waals surface area (Å²) in [5, 5.41) is 2.97. The number of hydrogen-bond acceptors (Lipinski definition) is 4. The van der Waals surface area contributed by atoms with E-state index >= 15 is 0 Å². The van der Waals surface area contributed by atoms with Crippen molar-refractivity contribution in [1.82, 2.24) is 4.98 Å². The number of nitrogens with zero attached hydrogens (tertiary/aromatic N) is 1. The lowest BCUT2D eigenvalue weighted by Gasteiger charge is -2.21. The van der Waals surface area contributed by atoms with Crippen LogP contribution in [0.3, 0.4) is 0 Å². The molecule has 0 aliphatic carbocycles. The van der Waals surface area contributed by atoms with Gasteiger partial charge < -0.3 is 9.47 Å². The van der Waals surface area contributed by atoms with Crippen molar-refractivity contribution < 1.29 is 27.4 Å². The molecule has 1 heterocycles. The molecular formula is C19H20ClF3N2O3. The number of amides is 1. The first-order valence-electron chi connectivity index (χ1n) is 8.34. The number of hydrogen-bond donors (Lipinski definition) is 1. The maximum Gasteiger partial charge on any atom is 0.425 e. The van der Waals surface area contributed by atoms with E-state index in [9.17, 15) is 18.0 Å². The topological polar surface area (TPSA) is 60.5 Å². The first-order chi connectivity index (χ1) is 12.8. The molecule has 0 aliphatic heterocycles. The highest BCUT2D eigenvalue weighted by molar-refractivity contribution is 6.30. The summed E-state index contributed by atoms with van der Waals surface area (Å²) in [6.07, 6.45) is -6.13. The molecular weight excluding hydrogens is 397 g/mol. The Kier molecular flexibility index (Phi) is 6.44. The number of halogens is 4. The average Bonchev–Trinajstić information content (AvgIpc) is 2.54. The first-order valence-corrected chi connectivity index (χ1v) is 8.72. The molecule has 0 bridgehead atoms. The van der Waals surface area contributed by atoms with Crippen LogP contribution in [0.5, 0.6) is 5.88 Å². The number of rotatable bonds is 4. The molecule has 9 heteroatoms. The summed E-state index contributed by atoms with van der Waals surface area (Å²) < 4.78 is 48.9. The molecule has 1 amide bonds. The molecule has 0 radical (unpaired) electrons. The molecule has 0 spiro atoms. The zero-order valence-electron chi connectivity index (χ0n) is 15.7. The van der Waals surface area contributed by atoms with E-state index in [0.29, 0.717) is 10.6 Å². The molecule has 152 valence electrons. The van der Waals surface area contributed by atoms with Gasteiger partial charge in [0.05, 0.1) is 11.9 Å². The number of ether oxygens (including phenoxy) is 2. The smallest absolute Gasteiger partial charge is 0.425 e. The Morgan fingerprint density at radius 1 is 1.18 bits per heavy atom. The second-order valence-electron chi connectivity index (χ2n) is 7.01. The zero-order chi connectivity index (χ0) is 21.1. The van der Waals surface area contributed by atoms with Gasteiger partial charge in [-0.2, -0.15) is 13.2 Å². The van der Waals surface area contributed by atoms with Crippen molar-refractivity contribution in [2.24, 2.45) is 0 Å². The lowest BCUT2D eigenvalue weighted by atomic mass is 10.1. The summed E-state index contributed by atoms with van der Waals surface area (Å²) in [6.45, 7) is 6.01. The second-order valence-corrected chi connectivity index (χ2v) is 7.45. The third kappa shape index (κ3) is 6.30. The molecule has 5 nitrogen and oxygen atoms in total. The summed E-state index contributed by atoms with van der Waals surface area (Å²) >= 11 is 5.88. The molecule has 0 saturated heterocycles. The highest BCUT2D eigenvalue weighted by atomic mass is 35.5. The zero-order valence-corrected chi connectivity index (χ0v) is 16.5. The molecule has 0 fully saturated rings. The minimum Gasteiger partial charge on any atom is -0.465 e. The number of alkyl halides is 3. The van der Waals surface area contributed by atoms with Crippen LogP contribution in [0.15, 0.2) is 36.5 Å². The van der Waals surface area contributed by atoms with Gasteiger partial charge in [0.15, 0.2) is 6.10 Å². The highest BCUT2D eigenvalue weighted by Gasteiger charge is 2.38. The fourth-order valence-electron chi connectivity index (χ4n) is 2.11. The van der Waals surface area contributed by atoms with Crippen LogP contribution in [0.2, 0.25) is 5.02 Å². The van der Waals surface area contributed by atoms with Crippen molar-refractivity contribution in [1.29, 1.82) is 0 Å². The van der Waals surface area contributed by atoms with E-state index in [1.165, 1.54) is 12.3 Å². The Morgan fingerprint density at radius 2 is 1.79 bits per heavy atom. The van der Waals surface area contributed by atoms with Crippen LogP contribution >= 0.6 is 11.6 Å². The highest BCUT2D eigenvalue weighted by Crippen LogP contribution is 2.34. The fourth-order valence-corrected chi connectivity index (χ4v) is 2.23. The molecule has 2 aromatic rings. The summed E-state index contributed by atoms with van der Waals surface area (Å²) in [5.41, 5.74) is 0.323. The molecule has 1 atom stereocenters. The van der Waals surface area contributed by atoms with Crippen LogP contribution < -0.4 is 10.1 Å². The first kappa shape index (κ1) is 21.8. The van der Waals surface area contributed by atoms with Gasteiger partial charge in [-0.1, -0.05) is 23.7 Å². The lowest BCUT2D eigenvalue weighted by Crippen LogP contribution is -2.31. The quantitative estimate of drug-likeness (QED) is 0.656. The van der Waals surface area contributed by atoms with Crippen LogP contribution in [0.1, 0.15) is 27.7 Å². The van der Waals surface area contributed by atoms with Crippen molar-refractivity contribution in [2.45, 2.75) is 45.6 Å². The summed E-state index contributed by atoms with van der Waals surface area (Å²) in [5.74, 6) is -0.220. The molecule has 0 saturated carbocycles. The fraction of sp³-hybridized carbons (Fsp3) is 0.368. The van der Waals surface area contributed by atoms with Crippen LogP contribution in [0.25, 0.3) is 11.1 Å². The molecule has 2 rings (SSSR count). The van der Waals surface area contributed by atoms with E-state index in [4.69, 9.17) is 21.1 Å². The van der Waals surface area contributed by atoms with Crippen molar-refractivity contribution in [2.75, 3.05) is 5.32 Å². The van der Waals surface area contributed by atoms with E-state index in [2.05, 4.69) is 10.3 Å². The second kappa shape index (κ2) is 8.26. The maximum atomic E-state index is 12.9. The predicted molar refractivity (Wildman–Crippen MR) is 101 cm³/mol. The number of anilines is 1. The standard InChI is InChI=1S/C19H20ClF3N2O3/c1-11(19(21,22)23)27-16-15(12-5-7-13(20)8-6-12)9-14(10-24-16)25-17(26)28-18(2,3)4/h5-11H,1-4H3,(H,25,26). The number of pyridine rings is 1. The third-order valence-electron chi connectivity index (χ3n) is 3.40. The van der Waals surface area contributed by atoms with Gasteiger partial charge in [0.25, 0.3) is 0 Å². The van der Waals surface area contributed by atoms with Gasteiger partial charge >= 0.3 is 12.3 Å². The van der Waals surface area contributed by atoms with Gasteiger partial charge in [-0.15, -0.1) is 0 Å².